The van der Waals surface area contributed by atoms with Gasteiger partial charge in [-0.15, -0.1) is 0 Å². The van der Waals surface area contributed by atoms with E-state index in [4.69, 9.17) is 0 Å². The molecule has 2 rings (SSSR count). The average molecular weight is 302 g/mol. The number of aryl methyl sites for hydroxylation is 1. The van der Waals surface area contributed by atoms with E-state index in [9.17, 15) is 10.2 Å². The molecule has 1 aliphatic rings. The van der Waals surface area contributed by atoms with Crippen LogP contribution in [0.1, 0.15) is 75.0 Å². The summed E-state index contributed by atoms with van der Waals surface area (Å²) >= 11 is 0. The largest absolute Gasteiger partial charge is 0.508 e. The fourth-order valence-electron chi connectivity index (χ4n) is 3.68. The Kier molecular flexibility index (Phi) is 5.33. The van der Waals surface area contributed by atoms with Gasteiger partial charge in [-0.25, -0.2) is 0 Å². The van der Waals surface area contributed by atoms with Crippen molar-refractivity contribution in [2.24, 2.45) is 5.92 Å². The molecule has 0 saturated carbocycles. The van der Waals surface area contributed by atoms with Gasteiger partial charge in [0.2, 0.25) is 0 Å². The number of benzene rings is 1. The number of hydrogen-bond donors (Lipinski definition) is 2. The van der Waals surface area contributed by atoms with Gasteiger partial charge in [-0.05, 0) is 80.0 Å². The van der Waals surface area contributed by atoms with Crippen LogP contribution in [0, 0.1) is 12.8 Å². The summed E-state index contributed by atoms with van der Waals surface area (Å²) in [6, 6.07) is 4.15. The van der Waals surface area contributed by atoms with Gasteiger partial charge in [0.15, 0.2) is 0 Å². The molecule has 1 aromatic rings. The number of aromatic hydroxyl groups is 1. The summed E-state index contributed by atoms with van der Waals surface area (Å²) in [5, 5.41) is 20.0. The summed E-state index contributed by atoms with van der Waals surface area (Å²) in [6.45, 7) is 12.2. The minimum absolute atomic E-state index is 0.383. The van der Waals surface area contributed by atoms with Crippen LogP contribution in [0.5, 0.6) is 5.75 Å². The lowest BCUT2D eigenvalue weighted by atomic mass is 9.71. The molecule has 0 fully saturated rings. The van der Waals surface area contributed by atoms with Crippen LogP contribution in [-0.4, -0.2) is 16.3 Å². The summed E-state index contributed by atoms with van der Waals surface area (Å²) < 4.78 is 0. The third-order valence-corrected chi connectivity index (χ3v) is 5.39. The second-order valence-corrected chi connectivity index (χ2v) is 7.27. The smallest absolute Gasteiger partial charge is 0.118 e. The maximum atomic E-state index is 10.0. The van der Waals surface area contributed by atoms with Gasteiger partial charge < -0.3 is 10.2 Å². The molecule has 1 aromatic carbocycles. The van der Waals surface area contributed by atoms with Crippen LogP contribution in [0.4, 0.5) is 0 Å². The molecule has 2 N–H and O–H groups in total. The Labute approximate surface area is 134 Å². The Hall–Kier alpha value is -1.28. The summed E-state index contributed by atoms with van der Waals surface area (Å²) in [4.78, 5) is 0. The zero-order valence-electron chi connectivity index (χ0n) is 14.4. The van der Waals surface area contributed by atoms with Crippen LogP contribution >= 0.6 is 0 Å². The third-order valence-electron chi connectivity index (χ3n) is 5.39. The molecule has 0 saturated heterocycles. The molecule has 0 radical (unpaired) electrons. The minimum atomic E-state index is -0.383. The van der Waals surface area contributed by atoms with E-state index in [1.165, 1.54) is 24.0 Å². The van der Waals surface area contributed by atoms with Crippen LogP contribution in [-0.2, 0) is 0 Å². The molecule has 0 bridgehead atoms. The number of phenolic OH excluding ortho intramolecular Hbond substituents is 1. The molecule has 0 amide bonds. The van der Waals surface area contributed by atoms with Gasteiger partial charge in [0.1, 0.15) is 5.75 Å². The highest BCUT2D eigenvalue weighted by molar-refractivity contribution is 5.45. The van der Waals surface area contributed by atoms with Crippen LogP contribution in [0.15, 0.2) is 24.3 Å². The number of phenols is 1. The topological polar surface area (TPSA) is 40.5 Å². The van der Waals surface area contributed by atoms with Crippen LogP contribution < -0.4 is 0 Å². The number of aliphatic hydroxyl groups is 1. The van der Waals surface area contributed by atoms with Crippen molar-refractivity contribution in [1.29, 1.82) is 0 Å². The van der Waals surface area contributed by atoms with Crippen molar-refractivity contribution in [3.05, 3.63) is 41.0 Å². The predicted molar refractivity (Wildman–Crippen MR) is 92.5 cm³/mol. The van der Waals surface area contributed by atoms with E-state index in [-0.39, 0.29) is 6.10 Å². The summed E-state index contributed by atoms with van der Waals surface area (Å²) in [7, 11) is 0. The molecular weight excluding hydrogens is 272 g/mol. The molecule has 0 aromatic heterocycles. The fourth-order valence-corrected chi connectivity index (χ4v) is 3.68. The molecule has 0 heterocycles. The third kappa shape index (κ3) is 3.55. The summed E-state index contributed by atoms with van der Waals surface area (Å²) in [5.41, 5.74) is 4.54. The zero-order valence-corrected chi connectivity index (χ0v) is 14.4. The second-order valence-electron chi connectivity index (χ2n) is 7.27. The molecule has 4 atom stereocenters. The van der Waals surface area contributed by atoms with Crippen molar-refractivity contribution in [2.45, 2.75) is 71.3 Å². The van der Waals surface area contributed by atoms with Gasteiger partial charge in [-0.3, -0.25) is 0 Å². The van der Waals surface area contributed by atoms with E-state index < -0.39 is 0 Å². The van der Waals surface area contributed by atoms with E-state index in [0.717, 1.165) is 24.0 Å². The lowest BCUT2D eigenvalue weighted by molar-refractivity contribution is 0.185. The van der Waals surface area contributed by atoms with Gasteiger partial charge >= 0.3 is 0 Å². The fraction of sp³-hybridized carbons (Fsp3) is 0.600. The normalized spacial score (nSPS) is 23.7. The Balaban J connectivity index is 2.18. The van der Waals surface area contributed by atoms with Gasteiger partial charge in [-0.1, -0.05) is 32.1 Å². The number of aliphatic hydroxyl groups excluding tert-OH is 1. The Bertz CT molecular complexity index is 547. The maximum absolute atomic E-state index is 10.0. The first-order chi connectivity index (χ1) is 10.3. The highest BCUT2D eigenvalue weighted by Crippen LogP contribution is 2.45. The quantitative estimate of drug-likeness (QED) is 0.748. The van der Waals surface area contributed by atoms with E-state index in [0.29, 0.717) is 23.5 Å². The van der Waals surface area contributed by atoms with Crippen LogP contribution in [0.2, 0.25) is 0 Å². The minimum Gasteiger partial charge on any atom is -0.508 e. The number of fused-ring (bicyclic) bond motifs is 1. The molecule has 22 heavy (non-hydrogen) atoms. The standard InChI is InChI=1S/C20H30O2/c1-12(2)19(21)9-7-13(3)16-8-6-14(4)17-11-20(22)15(5)10-18(16)17/h10-11,13-14,16,19,21-22H,1,6-9H2,2-5H3/t13-,14-,16+,19+/m0/s1. The molecule has 0 aliphatic heterocycles. The molecule has 0 spiro atoms. The Morgan fingerprint density at radius 1 is 1.27 bits per heavy atom. The van der Waals surface area contributed by atoms with Gasteiger partial charge in [0.25, 0.3) is 0 Å². The van der Waals surface area contributed by atoms with Crippen molar-refractivity contribution < 1.29 is 10.2 Å². The molecule has 0 unspecified atom stereocenters. The van der Waals surface area contributed by atoms with E-state index in [1.54, 1.807) is 0 Å². The molecule has 1 aliphatic carbocycles. The van der Waals surface area contributed by atoms with Gasteiger partial charge in [-0.2, -0.15) is 0 Å². The predicted octanol–water partition coefficient (Wildman–Crippen LogP) is 5.03. The van der Waals surface area contributed by atoms with Crippen molar-refractivity contribution in [1.82, 2.24) is 0 Å². The lowest BCUT2D eigenvalue weighted by Crippen LogP contribution is -2.20. The Morgan fingerprint density at radius 2 is 1.95 bits per heavy atom. The molecular formula is C20H30O2. The van der Waals surface area contributed by atoms with E-state index >= 15 is 0 Å². The summed E-state index contributed by atoms with van der Waals surface area (Å²) in [5.74, 6) is 1.99. The molecule has 2 heteroatoms. The number of hydrogen-bond acceptors (Lipinski definition) is 2. The number of rotatable bonds is 5. The summed E-state index contributed by atoms with van der Waals surface area (Å²) in [6.07, 6.45) is 3.78. The highest BCUT2D eigenvalue weighted by atomic mass is 16.3. The average Bonchev–Trinajstić information content (AvgIpc) is 2.46. The van der Waals surface area contributed by atoms with Crippen molar-refractivity contribution in [3.63, 3.8) is 0 Å². The molecule has 122 valence electrons. The monoisotopic (exact) mass is 302 g/mol. The maximum Gasteiger partial charge on any atom is 0.118 e. The van der Waals surface area contributed by atoms with Gasteiger partial charge in [0, 0.05) is 0 Å². The van der Waals surface area contributed by atoms with Crippen molar-refractivity contribution >= 4 is 0 Å². The highest BCUT2D eigenvalue weighted by Gasteiger charge is 2.29. The zero-order chi connectivity index (χ0) is 16.4. The Morgan fingerprint density at radius 3 is 2.59 bits per heavy atom. The first-order valence-electron chi connectivity index (χ1n) is 8.48. The van der Waals surface area contributed by atoms with Crippen molar-refractivity contribution in [3.8, 4) is 5.75 Å². The van der Waals surface area contributed by atoms with Crippen LogP contribution in [0.3, 0.4) is 0 Å². The van der Waals surface area contributed by atoms with Gasteiger partial charge in [0.05, 0.1) is 6.10 Å². The second kappa shape index (κ2) is 6.87. The van der Waals surface area contributed by atoms with Crippen molar-refractivity contribution in [2.75, 3.05) is 0 Å². The lowest BCUT2D eigenvalue weighted by Gasteiger charge is -2.34. The van der Waals surface area contributed by atoms with Crippen LogP contribution in [0.25, 0.3) is 0 Å². The first-order valence-corrected chi connectivity index (χ1v) is 8.48. The SMILES string of the molecule is C=C(C)[C@H](O)CC[C@H](C)[C@H]1CC[C@H](C)c2cc(O)c(C)cc21. The van der Waals surface area contributed by atoms with E-state index in [2.05, 4.69) is 26.5 Å². The molecule has 2 nitrogen and oxygen atoms in total. The van der Waals surface area contributed by atoms with E-state index in [1.807, 2.05) is 19.9 Å². The first kappa shape index (κ1) is 17.1.